The van der Waals surface area contributed by atoms with Gasteiger partial charge in [0, 0.05) is 23.2 Å². The maximum atomic E-state index is 13.2. The van der Waals surface area contributed by atoms with Crippen LogP contribution in [0.15, 0.2) is 71.0 Å². The predicted octanol–water partition coefficient (Wildman–Crippen LogP) is 4.83. The number of benzene rings is 1. The zero-order chi connectivity index (χ0) is 26.5. The van der Waals surface area contributed by atoms with E-state index in [0.29, 0.717) is 34.7 Å². The fourth-order valence-corrected chi connectivity index (χ4v) is 3.68. The van der Waals surface area contributed by atoms with Crippen molar-refractivity contribution in [3.63, 3.8) is 0 Å². The highest BCUT2D eigenvalue weighted by molar-refractivity contribution is 7.13. The van der Waals surface area contributed by atoms with Crippen molar-refractivity contribution in [2.75, 3.05) is 13.6 Å². The van der Waals surface area contributed by atoms with Gasteiger partial charge in [-0.2, -0.15) is 0 Å². The maximum Gasteiger partial charge on any atom is 0.345 e. The van der Waals surface area contributed by atoms with Crippen molar-refractivity contribution in [3.8, 4) is 0 Å². The molecule has 10 heteroatoms. The van der Waals surface area contributed by atoms with Crippen molar-refractivity contribution in [2.45, 2.75) is 26.8 Å². The maximum absolute atomic E-state index is 13.2. The lowest BCUT2D eigenvalue weighted by molar-refractivity contribution is -0.117. The number of nitrogens with zero attached hydrogens (tertiary/aromatic N) is 1. The van der Waals surface area contributed by atoms with E-state index in [1.54, 1.807) is 38.4 Å². The second-order valence-electron chi connectivity index (χ2n) is 7.22. The number of carboxylic acid groups (broad SMARTS) is 1. The lowest BCUT2D eigenvalue weighted by Crippen LogP contribution is -2.26. The molecule has 0 radical (unpaired) electrons. The van der Waals surface area contributed by atoms with Crippen LogP contribution in [-0.2, 0) is 11.3 Å². The summed E-state index contributed by atoms with van der Waals surface area (Å²) < 4.78 is 13.2. The van der Waals surface area contributed by atoms with Crippen molar-refractivity contribution >= 4 is 41.0 Å². The van der Waals surface area contributed by atoms with Gasteiger partial charge >= 0.3 is 5.97 Å². The van der Waals surface area contributed by atoms with Gasteiger partial charge in [-0.25, -0.2) is 9.18 Å². The lowest BCUT2D eigenvalue weighted by atomic mass is 9.99. The second-order valence-corrected chi connectivity index (χ2v) is 8.91. The van der Waals surface area contributed by atoms with Gasteiger partial charge in [0.15, 0.2) is 0 Å². The molecule has 2 rings (SSSR count). The minimum atomic E-state index is -0.840. The first-order valence-corrected chi connectivity index (χ1v) is 11.7. The zero-order valence-electron chi connectivity index (χ0n) is 20.0. The molecule has 1 heterocycles. The Hall–Kier alpha value is -3.27. The van der Waals surface area contributed by atoms with Gasteiger partial charge < -0.3 is 21.5 Å². The van der Waals surface area contributed by atoms with Crippen molar-refractivity contribution in [1.82, 2.24) is 10.6 Å². The van der Waals surface area contributed by atoms with Crippen LogP contribution < -0.4 is 16.4 Å². The van der Waals surface area contributed by atoms with E-state index in [9.17, 15) is 14.0 Å². The van der Waals surface area contributed by atoms with E-state index in [-0.39, 0.29) is 28.7 Å². The number of carbonyl (C=O) groups is 2. The summed E-state index contributed by atoms with van der Waals surface area (Å²) in [6.45, 7) is 12.0. The molecule has 0 unspecified atom stereocenters. The first-order valence-electron chi connectivity index (χ1n) is 10.5. The number of halogens is 2. The molecule has 0 bridgehead atoms. The van der Waals surface area contributed by atoms with Crippen LogP contribution in [0.5, 0.6) is 0 Å². The largest absolute Gasteiger partial charge is 0.477 e. The Morgan fingerprint density at radius 1 is 1.29 bits per heavy atom. The van der Waals surface area contributed by atoms with Crippen molar-refractivity contribution in [3.05, 3.63) is 92.2 Å². The molecule has 1 aromatic heterocycles. The minimum absolute atomic E-state index is 0.00387. The van der Waals surface area contributed by atoms with Gasteiger partial charge in [-0.1, -0.05) is 30.8 Å². The molecule has 1 aromatic carbocycles. The normalized spacial score (nSPS) is 11.3. The molecule has 0 aliphatic rings. The number of rotatable bonds is 10. The average Bonchev–Trinajstić information content (AvgIpc) is 3.26. The zero-order valence-corrected chi connectivity index (χ0v) is 21.5. The van der Waals surface area contributed by atoms with Crippen LogP contribution in [-0.4, -0.2) is 36.8 Å². The summed E-state index contributed by atoms with van der Waals surface area (Å²) in [6, 6.07) is 7.68. The molecular formula is C25H30ClFN4O3S. The van der Waals surface area contributed by atoms with Gasteiger partial charge in [-0.05, 0) is 69.3 Å². The van der Waals surface area contributed by atoms with Crippen molar-refractivity contribution in [1.29, 1.82) is 0 Å². The number of aromatic carboxylic acids is 1. The Balaban J connectivity index is 0.000000566. The summed E-state index contributed by atoms with van der Waals surface area (Å²) >= 11 is 7.05. The molecule has 0 atom stereocenters. The Morgan fingerprint density at radius 2 is 1.97 bits per heavy atom. The highest BCUT2D eigenvalue weighted by atomic mass is 35.5. The molecule has 0 saturated heterocycles. The summed E-state index contributed by atoms with van der Waals surface area (Å²) in [4.78, 5) is 28.4. The second kappa shape index (κ2) is 14.9. The molecular weight excluding hydrogens is 491 g/mol. The third-order valence-corrected chi connectivity index (χ3v) is 5.78. The van der Waals surface area contributed by atoms with E-state index in [0.717, 1.165) is 4.88 Å². The molecule has 188 valence electrons. The van der Waals surface area contributed by atoms with E-state index < -0.39 is 11.8 Å². The fourth-order valence-electron chi connectivity index (χ4n) is 2.77. The van der Waals surface area contributed by atoms with Gasteiger partial charge in [-0.15, -0.1) is 11.3 Å². The SMILES string of the molecule is C=C(C(=O)NCc1ccc(F)c(Cl)c1)/C(CCNC)=C(\N=CC)C(=C)N.Cc1ccc(C(=O)O)s1. The van der Waals surface area contributed by atoms with Crippen LogP contribution in [0.1, 0.15) is 33.5 Å². The number of carbonyl (C=O) groups excluding carboxylic acids is 1. The average molecular weight is 521 g/mol. The highest BCUT2D eigenvalue weighted by Crippen LogP contribution is 2.22. The summed E-state index contributed by atoms with van der Waals surface area (Å²) in [6.07, 6.45) is 2.09. The molecule has 0 aliphatic carbocycles. The van der Waals surface area contributed by atoms with E-state index >= 15 is 0 Å². The number of thiophene rings is 1. The van der Waals surface area contributed by atoms with Gasteiger partial charge in [0.25, 0.3) is 5.91 Å². The summed E-state index contributed by atoms with van der Waals surface area (Å²) in [5, 5.41) is 14.2. The smallest absolute Gasteiger partial charge is 0.345 e. The molecule has 0 fully saturated rings. The quantitative estimate of drug-likeness (QED) is 0.203. The number of nitrogens with one attached hydrogen (secondary N) is 2. The number of hydrogen-bond acceptors (Lipinski definition) is 6. The lowest BCUT2D eigenvalue weighted by Gasteiger charge is -2.15. The molecule has 2 aromatic rings. The molecule has 0 saturated carbocycles. The summed E-state index contributed by atoms with van der Waals surface area (Å²) in [5.74, 6) is -1.72. The first-order chi connectivity index (χ1) is 16.5. The molecule has 7 nitrogen and oxygen atoms in total. The predicted molar refractivity (Wildman–Crippen MR) is 141 cm³/mol. The fraction of sp³-hybridized carbons (Fsp3) is 0.240. The number of nitrogens with two attached hydrogens (primary N) is 1. The molecule has 0 spiro atoms. The number of aliphatic imine (C=N–C) groups is 1. The van der Waals surface area contributed by atoms with Gasteiger partial charge in [0.2, 0.25) is 0 Å². The van der Waals surface area contributed by atoms with Gasteiger partial charge in [-0.3, -0.25) is 9.79 Å². The van der Waals surface area contributed by atoms with Crippen LogP contribution in [0.3, 0.4) is 0 Å². The van der Waals surface area contributed by atoms with E-state index in [1.807, 2.05) is 6.92 Å². The third-order valence-electron chi connectivity index (χ3n) is 4.50. The Bertz CT molecular complexity index is 1140. The Morgan fingerprint density at radius 3 is 2.43 bits per heavy atom. The van der Waals surface area contributed by atoms with Crippen LogP contribution in [0.25, 0.3) is 0 Å². The molecule has 5 N–H and O–H groups in total. The third kappa shape index (κ3) is 9.86. The number of carboxylic acids is 1. The van der Waals surface area contributed by atoms with E-state index in [2.05, 4.69) is 28.8 Å². The molecule has 1 amide bonds. The Kier molecular flexibility index (Phi) is 12.6. The molecule has 35 heavy (non-hydrogen) atoms. The minimum Gasteiger partial charge on any atom is -0.477 e. The number of amides is 1. The van der Waals surface area contributed by atoms with Crippen LogP contribution >= 0.6 is 22.9 Å². The van der Waals surface area contributed by atoms with E-state index in [1.165, 1.54) is 23.5 Å². The van der Waals surface area contributed by atoms with E-state index in [4.69, 9.17) is 22.4 Å². The van der Waals surface area contributed by atoms with Crippen LogP contribution in [0.2, 0.25) is 5.02 Å². The number of aryl methyl sites for hydroxylation is 1. The summed E-state index contributed by atoms with van der Waals surface area (Å²) in [7, 11) is 1.80. The van der Waals surface area contributed by atoms with Crippen molar-refractivity contribution in [2.24, 2.45) is 10.7 Å². The number of hydrogen-bond donors (Lipinski definition) is 4. The van der Waals surface area contributed by atoms with Crippen LogP contribution in [0.4, 0.5) is 4.39 Å². The van der Waals surface area contributed by atoms with Gasteiger partial charge in [0.1, 0.15) is 10.7 Å². The van der Waals surface area contributed by atoms with Crippen molar-refractivity contribution < 1.29 is 19.1 Å². The van der Waals surface area contributed by atoms with Gasteiger partial charge in [0.05, 0.1) is 16.4 Å². The standard InChI is InChI=1S/C19H24ClFN4O.C6H6O2S/c1-5-24-18(13(3)22)15(8-9-23-4)12(2)19(26)25-11-14-6-7-17(21)16(20)10-14;1-4-2-3-5(9-4)6(7)8/h5-7,10,23H,2-3,8-9,11,22H2,1,4H3,(H,25,26);2-3H,1H3,(H,7,8)/b18-15-,24-5?;. The van der Waals surface area contributed by atoms with Crippen LogP contribution in [0, 0.1) is 12.7 Å². The topological polar surface area (TPSA) is 117 Å². The highest BCUT2D eigenvalue weighted by Gasteiger charge is 2.17. The molecule has 0 aliphatic heterocycles. The monoisotopic (exact) mass is 520 g/mol. The Labute approximate surface area is 213 Å². The summed E-state index contributed by atoms with van der Waals surface area (Å²) in [5.41, 5.74) is 8.05. The first kappa shape index (κ1) is 29.8.